The first-order valence-corrected chi connectivity index (χ1v) is 5.29. The van der Waals surface area contributed by atoms with Gasteiger partial charge in [0.25, 0.3) is 0 Å². The van der Waals surface area contributed by atoms with E-state index in [0.717, 1.165) is 17.7 Å². The van der Waals surface area contributed by atoms with E-state index in [1.165, 1.54) is 0 Å². The molecule has 0 aromatic heterocycles. The van der Waals surface area contributed by atoms with E-state index < -0.39 is 0 Å². The molecule has 0 radical (unpaired) electrons. The van der Waals surface area contributed by atoms with Crippen molar-refractivity contribution in [2.45, 2.75) is 19.8 Å². The van der Waals surface area contributed by atoms with E-state index in [0.29, 0.717) is 12.3 Å². The van der Waals surface area contributed by atoms with Gasteiger partial charge in [-0.1, -0.05) is 12.1 Å². The zero-order valence-electron chi connectivity index (χ0n) is 9.10. The molecule has 0 unspecified atom stereocenters. The van der Waals surface area contributed by atoms with Crippen LogP contribution in [0.1, 0.15) is 25.3 Å². The van der Waals surface area contributed by atoms with Crippen molar-refractivity contribution in [2.75, 3.05) is 6.61 Å². The second kappa shape index (κ2) is 4.79. The van der Waals surface area contributed by atoms with Crippen molar-refractivity contribution in [3.63, 3.8) is 0 Å². The van der Waals surface area contributed by atoms with Crippen molar-refractivity contribution in [1.82, 2.24) is 0 Å². The summed E-state index contributed by atoms with van der Waals surface area (Å²) in [4.78, 5) is 15.4. The maximum absolute atomic E-state index is 10.9. The highest BCUT2D eigenvalue weighted by Crippen LogP contribution is 2.16. The zero-order chi connectivity index (χ0) is 11.4. The smallest absolute Gasteiger partial charge is 0.341 e. The fourth-order valence-electron chi connectivity index (χ4n) is 1.43. The Labute approximate surface area is 93.9 Å². The summed E-state index contributed by atoms with van der Waals surface area (Å²) in [6, 6.07) is 7.50. The van der Waals surface area contributed by atoms with E-state index in [2.05, 4.69) is 16.9 Å². The SMILES string of the molecule is CCCOc1ccc(C2=NOC(=O)C2)cc1. The summed E-state index contributed by atoms with van der Waals surface area (Å²) in [5.74, 6) is 0.526. The van der Waals surface area contributed by atoms with E-state index in [1.807, 2.05) is 24.3 Å². The zero-order valence-corrected chi connectivity index (χ0v) is 9.10. The van der Waals surface area contributed by atoms with Crippen LogP contribution in [0.4, 0.5) is 0 Å². The fourth-order valence-corrected chi connectivity index (χ4v) is 1.43. The van der Waals surface area contributed by atoms with Crippen LogP contribution < -0.4 is 4.74 Å². The normalized spacial score (nSPS) is 14.6. The minimum absolute atomic E-state index is 0.245. The van der Waals surface area contributed by atoms with Crippen molar-refractivity contribution in [3.8, 4) is 5.75 Å². The Kier molecular flexibility index (Phi) is 3.19. The molecule has 1 aromatic rings. The van der Waals surface area contributed by atoms with Gasteiger partial charge in [-0.2, -0.15) is 0 Å². The molecule has 0 atom stereocenters. The Morgan fingerprint density at radius 1 is 1.38 bits per heavy atom. The highest BCUT2D eigenvalue weighted by Gasteiger charge is 2.18. The predicted octanol–water partition coefficient (Wildman–Crippen LogP) is 2.13. The molecule has 0 bridgehead atoms. The molecule has 4 heteroatoms. The van der Waals surface area contributed by atoms with Crippen LogP contribution in [-0.4, -0.2) is 18.3 Å². The third-order valence-electron chi connectivity index (χ3n) is 2.23. The van der Waals surface area contributed by atoms with Crippen LogP contribution in [0, 0.1) is 0 Å². The number of hydrogen-bond acceptors (Lipinski definition) is 4. The summed E-state index contributed by atoms with van der Waals surface area (Å²) in [5, 5.41) is 3.71. The third-order valence-corrected chi connectivity index (χ3v) is 2.23. The van der Waals surface area contributed by atoms with Gasteiger partial charge in [0.15, 0.2) is 0 Å². The molecule has 1 heterocycles. The number of carbonyl (C=O) groups excluding carboxylic acids is 1. The lowest BCUT2D eigenvalue weighted by Crippen LogP contribution is -2.01. The number of nitrogens with zero attached hydrogens (tertiary/aromatic N) is 1. The molecular formula is C12H13NO3. The Morgan fingerprint density at radius 2 is 2.12 bits per heavy atom. The van der Waals surface area contributed by atoms with Crippen molar-refractivity contribution in [1.29, 1.82) is 0 Å². The topological polar surface area (TPSA) is 47.9 Å². The molecule has 0 saturated heterocycles. The molecule has 1 aromatic carbocycles. The van der Waals surface area contributed by atoms with E-state index in [9.17, 15) is 4.79 Å². The van der Waals surface area contributed by atoms with Crippen molar-refractivity contribution in [3.05, 3.63) is 29.8 Å². The molecular weight excluding hydrogens is 206 g/mol. The molecule has 84 valence electrons. The third kappa shape index (κ3) is 2.39. The lowest BCUT2D eigenvalue weighted by Gasteiger charge is -2.04. The molecule has 2 rings (SSSR count). The molecule has 1 aliphatic heterocycles. The van der Waals surface area contributed by atoms with Gasteiger partial charge in [-0.05, 0) is 30.7 Å². The quantitative estimate of drug-likeness (QED) is 0.729. The number of oxime groups is 1. The van der Waals surface area contributed by atoms with Crippen LogP contribution in [0.15, 0.2) is 29.4 Å². The van der Waals surface area contributed by atoms with E-state index in [4.69, 9.17) is 4.74 Å². The van der Waals surface area contributed by atoms with Gasteiger partial charge in [0, 0.05) is 5.56 Å². The maximum Gasteiger partial charge on any atom is 0.341 e. The Bertz CT molecular complexity index is 409. The Balaban J connectivity index is 2.05. The van der Waals surface area contributed by atoms with Crippen LogP contribution in [0.5, 0.6) is 5.75 Å². The number of ether oxygens (including phenoxy) is 1. The van der Waals surface area contributed by atoms with Gasteiger partial charge in [0.2, 0.25) is 0 Å². The molecule has 0 amide bonds. The van der Waals surface area contributed by atoms with Crippen LogP contribution in [0.25, 0.3) is 0 Å². The van der Waals surface area contributed by atoms with Crippen LogP contribution in [0.2, 0.25) is 0 Å². The Morgan fingerprint density at radius 3 is 2.69 bits per heavy atom. The molecule has 0 spiro atoms. The fraction of sp³-hybridized carbons (Fsp3) is 0.333. The van der Waals surface area contributed by atoms with Crippen LogP contribution >= 0.6 is 0 Å². The highest BCUT2D eigenvalue weighted by molar-refractivity contribution is 6.11. The molecule has 16 heavy (non-hydrogen) atoms. The van der Waals surface area contributed by atoms with Gasteiger partial charge in [0.1, 0.15) is 5.75 Å². The van der Waals surface area contributed by atoms with Crippen LogP contribution in [-0.2, 0) is 9.63 Å². The van der Waals surface area contributed by atoms with Crippen molar-refractivity contribution < 1.29 is 14.4 Å². The maximum atomic E-state index is 10.9. The van der Waals surface area contributed by atoms with Gasteiger partial charge < -0.3 is 9.57 Å². The van der Waals surface area contributed by atoms with Gasteiger partial charge >= 0.3 is 5.97 Å². The van der Waals surface area contributed by atoms with Gasteiger partial charge in [-0.15, -0.1) is 0 Å². The molecule has 0 N–H and O–H groups in total. The minimum atomic E-state index is -0.304. The average molecular weight is 219 g/mol. The van der Waals surface area contributed by atoms with Gasteiger partial charge in [-0.3, -0.25) is 0 Å². The summed E-state index contributed by atoms with van der Waals surface area (Å²) in [6.07, 6.45) is 1.23. The monoisotopic (exact) mass is 219 g/mol. The largest absolute Gasteiger partial charge is 0.494 e. The molecule has 0 aliphatic carbocycles. The summed E-state index contributed by atoms with van der Waals surface area (Å²) < 4.78 is 5.46. The molecule has 1 aliphatic rings. The number of rotatable bonds is 4. The molecule has 0 fully saturated rings. The first-order valence-electron chi connectivity index (χ1n) is 5.29. The summed E-state index contributed by atoms with van der Waals surface area (Å²) in [7, 11) is 0. The minimum Gasteiger partial charge on any atom is -0.494 e. The Hall–Kier alpha value is -1.84. The lowest BCUT2D eigenvalue weighted by molar-refractivity contribution is -0.140. The molecule has 0 saturated carbocycles. The molecule has 4 nitrogen and oxygen atoms in total. The first-order chi connectivity index (χ1) is 7.79. The van der Waals surface area contributed by atoms with E-state index in [-0.39, 0.29) is 12.4 Å². The summed E-state index contributed by atoms with van der Waals surface area (Å²) in [6.45, 7) is 2.77. The van der Waals surface area contributed by atoms with Crippen molar-refractivity contribution in [2.24, 2.45) is 5.16 Å². The standard InChI is InChI=1S/C12H13NO3/c1-2-7-15-10-5-3-9(4-6-10)11-8-12(14)16-13-11/h3-6H,2,7-8H2,1H3. The van der Waals surface area contributed by atoms with Crippen molar-refractivity contribution >= 4 is 11.7 Å². The number of benzene rings is 1. The lowest BCUT2D eigenvalue weighted by atomic mass is 10.1. The second-order valence-corrected chi connectivity index (χ2v) is 3.55. The predicted molar refractivity (Wildman–Crippen MR) is 59.5 cm³/mol. The second-order valence-electron chi connectivity index (χ2n) is 3.55. The first kappa shape index (κ1) is 10.7. The van der Waals surface area contributed by atoms with Crippen LogP contribution in [0.3, 0.4) is 0 Å². The average Bonchev–Trinajstić information content (AvgIpc) is 2.74. The van der Waals surface area contributed by atoms with E-state index in [1.54, 1.807) is 0 Å². The summed E-state index contributed by atoms with van der Waals surface area (Å²) >= 11 is 0. The summed E-state index contributed by atoms with van der Waals surface area (Å²) in [5.41, 5.74) is 1.57. The highest BCUT2D eigenvalue weighted by atomic mass is 16.7. The number of carbonyl (C=O) groups is 1. The van der Waals surface area contributed by atoms with E-state index >= 15 is 0 Å². The van der Waals surface area contributed by atoms with Gasteiger partial charge in [0.05, 0.1) is 18.7 Å². The number of hydrogen-bond donors (Lipinski definition) is 0. The van der Waals surface area contributed by atoms with Gasteiger partial charge in [-0.25, -0.2) is 4.79 Å².